The van der Waals surface area contributed by atoms with Crippen molar-refractivity contribution in [1.29, 1.82) is 0 Å². The molecule has 4 heteroatoms. The summed E-state index contributed by atoms with van der Waals surface area (Å²) in [5.74, 6) is 2.56. The molecule has 0 aromatic heterocycles. The SMILES string of the molecule is NC(CC1CC2CCC1C2)c1ccccc1OC(F)F. The minimum atomic E-state index is -2.80. The molecule has 2 nitrogen and oxygen atoms in total. The maximum absolute atomic E-state index is 12.4. The molecule has 2 bridgehead atoms. The first-order valence-electron chi connectivity index (χ1n) is 7.42. The van der Waals surface area contributed by atoms with E-state index < -0.39 is 6.61 Å². The maximum atomic E-state index is 12.4. The monoisotopic (exact) mass is 281 g/mol. The number of alkyl halides is 2. The van der Waals surface area contributed by atoms with Gasteiger partial charge in [0, 0.05) is 11.6 Å². The van der Waals surface area contributed by atoms with Crippen LogP contribution in [-0.2, 0) is 0 Å². The van der Waals surface area contributed by atoms with Crippen molar-refractivity contribution in [2.45, 2.75) is 44.8 Å². The molecular weight excluding hydrogens is 260 g/mol. The molecule has 0 saturated heterocycles. The Bertz CT molecular complexity index is 466. The Labute approximate surface area is 118 Å². The Morgan fingerprint density at radius 2 is 2.00 bits per heavy atom. The highest BCUT2D eigenvalue weighted by Crippen LogP contribution is 2.51. The Hall–Kier alpha value is -1.16. The fourth-order valence-electron chi connectivity index (χ4n) is 4.11. The van der Waals surface area contributed by atoms with Crippen molar-refractivity contribution in [1.82, 2.24) is 0 Å². The molecule has 4 unspecified atom stereocenters. The minimum absolute atomic E-state index is 0.214. The molecule has 0 radical (unpaired) electrons. The minimum Gasteiger partial charge on any atom is -0.434 e. The smallest absolute Gasteiger partial charge is 0.387 e. The summed E-state index contributed by atoms with van der Waals surface area (Å²) < 4.78 is 29.4. The van der Waals surface area contributed by atoms with Gasteiger partial charge in [0.25, 0.3) is 0 Å². The number of benzene rings is 1. The van der Waals surface area contributed by atoms with E-state index in [1.165, 1.54) is 25.7 Å². The zero-order valence-electron chi connectivity index (χ0n) is 11.5. The molecule has 4 atom stereocenters. The number of ether oxygens (including phenoxy) is 1. The van der Waals surface area contributed by atoms with Crippen molar-refractivity contribution in [2.24, 2.45) is 23.5 Å². The normalized spacial score (nSPS) is 29.9. The Morgan fingerprint density at radius 1 is 1.20 bits per heavy atom. The highest BCUT2D eigenvalue weighted by atomic mass is 19.3. The van der Waals surface area contributed by atoms with Gasteiger partial charge >= 0.3 is 6.61 Å². The van der Waals surface area contributed by atoms with Crippen LogP contribution in [0.1, 0.15) is 43.7 Å². The van der Waals surface area contributed by atoms with Crippen LogP contribution in [0.15, 0.2) is 24.3 Å². The fourth-order valence-corrected chi connectivity index (χ4v) is 4.11. The van der Waals surface area contributed by atoms with E-state index >= 15 is 0 Å². The molecule has 2 saturated carbocycles. The predicted octanol–water partition coefficient (Wildman–Crippen LogP) is 4.11. The quantitative estimate of drug-likeness (QED) is 0.881. The molecular formula is C16H21F2NO. The first kappa shape index (κ1) is 13.8. The number of hydrogen-bond acceptors (Lipinski definition) is 2. The van der Waals surface area contributed by atoms with Crippen LogP contribution in [0.3, 0.4) is 0 Å². The molecule has 1 aromatic carbocycles. The zero-order valence-corrected chi connectivity index (χ0v) is 11.5. The molecule has 0 spiro atoms. The lowest BCUT2D eigenvalue weighted by Gasteiger charge is -2.25. The van der Waals surface area contributed by atoms with Crippen LogP contribution in [0, 0.1) is 17.8 Å². The molecule has 0 aliphatic heterocycles. The van der Waals surface area contributed by atoms with Crippen molar-refractivity contribution in [3.8, 4) is 5.75 Å². The third-order valence-corrected chi connectivity index (χ3v) is 4.98. The summed E-state index contributed by atoms with van der Waals surface area (Å²) in [7, 11) is 0. The summed E-state index contributed by atoms with van der Waals surface area (Å²) in [6.07, 6.45) is 6.16. The van der Waals surface area contributed by atoms with Crippen LogP contribution in [0.5, 0.6) is 5.75 Å². The predicted molar refractivity (Wildman–Crippen MR) is 73.6 cm³/mol. The number of rotatable bonds is 5. The van der Waals surface area contributed by atoms with Gasteiger partial charge in [-0.2, -0.15) is 8.78 Å². The number of para-hydroxylation sites is 1. The largest absolute Gasteiger partial charge is 0.434 e. The van der Waals surface area contributed by atoms with Crippen molar-refractivity contribution in [3.63, 3.8) is 0 Å². The van der Waals surface area contributed by atoms with Gasteiger partial charge in [-0.05, 0) is 49.5 Å². The number of halogens is 2. The van der Waals surface area contributed by atoms with E-state index in [1.807, 2.05) is 6.07 Å². The highest BCUT2D eigenvalue weighted by molar-refractivity contribution is 5.35. The number of hydrogen-bond donors (Lipinski definition) is 1. The first-order chi connectivity index (χ1) is 9.63. The van der Waals surface area contributed by atoms with E-state index in [0.29, 0.717) is 11.5 Å². The van der Waals surface area contributed by atoms with Crippen LogP contribution in [0.4, 0.5) is 8.78 Å². The third-order valence-electron chi connectivity index (χ3n) is 4.98. The second kappa shape index (κ2) is 5.68. The topological polar surface area (TPSA) is 35.2 Å². The van der Waals surface area contributed by atoms with Gasteiger partial charge in [0.2, 0.25) is 0 Å². The van der Waals surface area contributed by atoms with Gasteiger partial charge in [-0.1, -0.05) is 24.6 Å². The Morgan fingerprint density at radius 3 is 2.65 bits per heavy atom. The van der Waals surface area contributed by atoms with Gasteiger partial charge in [-0.25, -0.2) is 0 Å². The second-order valence-electron chi connectivity index (χ2n) is 6.19. The molecule has 0 amide bonds. The lowest BCUT2D eigenvalue weighted by atomic mass is 9.83. The summed E-state index contributed by atoms with van der Waals surface area (Å²) in [4.78, 5) is 0. The van der Waals surface area contributed by atoms with Crippen LogP contribution in [-0.4, -0.2) is 6.61 Å². The van der Waals surface area contributed by atoms with E-state index in [-0.39, 0.29) is 11.8 Å². The second-order valence-corrected chi connectivity index (χ2v) is 6.19. The lowest BCUT2D eigenvalue weighted by Crippen LogP contribution is -2.20. The number of fused-ring (bicyclic) bond motifs is 2. The van der Waals surface area contributed by atoms with E-state index in [0.717, 1.165) is 18.3 Å². The molecule has 20 heavy (non-hydrogen) atoms. The van der Waals surface area contributed by atoms with E-state index in [9.17, 15) is 8.78 Å². The summed E-state index contributed by atoms with van der Waals surface area (Å²) in [6, 6.07) is 6.69. The Kier molecular flexibility index (Phi) is 3.92. The molecule has 2 N–H and O–H groups in total. The third kappa shape index (κ3) is 2.80. The van der Waals surface area contributed by atoms with Crippen molar-refractivity contribution < 1.29 is 13.5 Å². The van der Waals surface area contributed by atoms with E-state index in [4.69, 9.17) is 5.73 Å². The molecule has 1 aromatic rings. The number of nitrogens with two attached hydrogens (primary N) is 1. The van der Waals surface area contributed by atoms with Gasteiger partial charge in [-0.15, -0.1) is 0 Å². The summed E-state index contributed by atoms with van der Waals surface area (Å²) in [5.41, 5.74) is 6.96. The molecule has 0 heterocycles. The van der Waals surface area contributed by atoms with Gasteiger partial charge < -0.3 is 10.5 Å². The summed E-state index contributed by atoms with van der Waals surface area (Å²) in [5, 5.41) is 0. The molecule has 3 rings (SSSR count). The molecule has 110 valence electrons. The lowest BCUT2D eigenvalue weighted by molar-refractivity contribution is -0.0506. The van der Waals surface area contributed by atoms with Crippen LogP contribution >= 0.6 is 0 Å². The standard InChI is InChI=1S/C16H21F2NO/c17-16(18)20-15-4-2-1-3-13(15)14(19)9-12-8-10-5-6-11(12)7-10/h1-4,10-12,14,16H,5-9,19H2. The molecule has 2 aliphatic rings. The molecule has 2 fully saturated rings. The van der Waals surface area contributed by atoms with Gasteiger partial charge in [0.1, 0.15) is 5.75 Å². The van der Waals surface area contributed by atoms with Crippen molar-refractivity contribution >= 4 is 0 Å². The highest BCUT2D eigenvalue weighted by Gasteiger charge is 2.40. The van der Waals surface area contributed by atoms with Crippen LogP contribution < -0.4 is 10.5 Å². The van der Waals surface area contributed by atoms with Gasteiger partial charge in [0.05, 0.1) is 0 Å². The maximum Gasteiger partial charge on any atom is 0.387 e. The van der Waals surface area contributed by atoms with Gasteiger partial charge in [-0.3, -0.25) is 0 Å². The van der Waals surface area contributed by atoms with E-state index in [1.54, 1.807) is 18.2 Å². The fraction of sp³-hybridized carbons (Fsp3) is 0.625. The summed E-state index contributed by atoms with van der Waals surface area (Å²) >= 11 is 0. The first-order valence-corrected chi connectivity index (χ1v) is 7.42. The van der Waals surface area contributed by atoms with Gasteiger partial charge in [0.15, 0.2) is 0 Å². The van der Waals surface area contributed by atoms with E-state index in [2.05, 4.69) is 4.74 Å². The average Bonchev–Trinajstić information content (AvgIpc) is 3.00. The summed E-state index contributed by atoms with van der Waals surface area (Å²) in [6.45, 7) is -2.80. The average molecular weight is 281 g/mol. The molecule has 2 aliphatic carbocycles. The Balaban J connectivity index is 1.69. The van der Waals surface area contributed by atoms with Crippen molar-refractivity contribution in [3.05, 3.63) is 29.8 Å². The van der Waals surface area contributed by atoms with Crippen molar-refractivity contribution in [2.75, 3.05) is 0 Å². The van der Waals surface area contributed by atoms with Crippen LogP contribution in [0.25, 0.3) is 0 Å². The zero-order chi connectivity index (χ0) is 14.1. The van der Waals surface area contributed by atoms with Crippen LogP contribution in [0.2, 0.25) is 0 Å².